The minimum atomic E-state index is -3.96. The highest BCUT2D eigenvalue weighted by molar-refractivity contribution is 7.92. The Kier molecular flexibility index (Phi) is 5.14. The van der Waals surface area contributed by atoms with E-state index in [-0.39, 0.29) is 30.0 Å². The molecule has 2 aromatic rings. The molecule has 0 aliphatic carbocycles. The summed E-state index contributed by atoms with van der Waals surface area (Å²) in [6, 6.07) is 9.94. The van der Waals surface area contributed by atoms with Crippen LogP contribution in [0.1, 0.15) is 17.2 Å². The number of rotatable bonds is 3. The van der Waals surface area contributed by atoms with Crippen molar-refractivity contribution in [1.82, 2.24) is 4.31 Å². The van der Waals surface area contributed by atoms with Crippen LogP contribution < -0.4 is 0 Å². The molecule has 5 nitrogen and oxygen atoms in total. The van der Waals surface area contributed by atoms with Gasteiger partial charge in [0.1, 0.15) is 11.6 Å². The summed E-state index contributed by atoms with van der Waals surface area (Å²) in [6.07, 6.45) is -0.0519. The van der Waals surface area contributed by atoms with Crippen LogP contribution in [-0.2, 0) is 19.9 Å². The van der Waals surface area contributed by atoms with Crippen LogP contribution in [0.4, 0.5) is 8.78 Å². The first-order chi connectivity index (χ1) is 12.2. The van der Waals surface area contributed by atoms with Gasteiger partial charge in [-0.2, -0.15) is 4.31 Å². The van der Waals surface area contributed by atoms with Crippen molar-refractivity contribution in [3.05, 3.63) is 65.7 Å². The summed E-state index contributed by atoms with van der Waals surface area (Å²) in [5.74, 6) is -1.61. The molecule has 9 heteroatoms. The Morgan fingerprint density at radius 2 is 1.62 bits per heavy atom. The van der Waals surface area contributed by atoms with Crippen LogP contribution in [0.25, 0.3) is 0 Å². The van der Waals surface area contributed by atoms with Gasteiger partial charge in [0.15, 0.2) is 9.84 Å². The number of hydrogen-bond donors (Lipinski definition) is 0. The summed E-state index contributed by atoms with van der Waals surface area (Å²) in [5.41, 5.74) is 0.0496. The molecule has 0 bridgehead atoms. The van der Waals surface area contributed by atoms with Gasteiger partial charge in [-0.05, 0) is 36.8 Å². The van der Waals surface area contributed by atoms with E-state index in [4.69, 9.17) is 0 Å². The van der Waals surface area contributed by atoms with Crippen LogP contribution in [0.15, 0.2) is 53.4 Å². The van der Waals surface area contributed by atoms with Crippen LogP contribution in [0, 0.1) is 11.6 Å². The van der Waals surface area contributed by atoms with Gasteiger partial charge in [-0.1, -0.05) is 18.2 Å². The van der Waals surface area contributed by atoms with E-state index in [1.807, 2.05) is 0 Å². The van der Waals surface area contributed by atoms with Crippen LogP contribution in [-0.4, -0.2) is 40.0 Å². The fraction of sp³-hybridized carbons (Fsp3) is 0.294. The number of benzene rings is 2. The summed E-state index contributed by atoms with van der Waals surface area (Å²) < 4.78 is 78.7. The van der Waals surface area contributed by atoms with Crippen LogP contribution in [0.3, 0.4) is 0 Å². The molecule has 2 aromatic carbocycles. The Hall–Kier alpha value is -1.84. The average Bonchev–Trinajstić information content (AvgIpc) is 2.74. The summed E-state index contributed by atoms with van der Waals surface area (Å²) in [4.78, 5) is -0.111. The lowest BCUT2D eigenvalue weighted by atomic mass is 10.1. The largest absolute Gasteiger partial charge is 0.243 e. The van der Waals surface area contributed by atoms with Crippen LogP contribution >= 0.6 is 0 Å². The minimum absolute atomic E-state index is 0.0496. The normalized spacial score (nSPS) is 21.2. The monoisotopic (exact) mass is 401 g/mol. The summed E-state index contributed by atoms with van der Waals surface area (Å²) >= 11 is 0. The number of halogens is 2. The molecule has 0 spiro atoms. The number of sulfone groups is 1. The van der Waals surface area contributed by atoms with E-state index in [1.54, 1.807) is 6.07 Å². The molecule has 1 unspecified atom stereocenters. The number of hydrogen-bond acceptors (Lipinski definition) is 4. The van der Waals surface area contributed by atoms with Crippen molar-refractivity contribution in [2.45, 2.75) is 16.6 Å². The Morgan fingerprint density at radius 3 is 2.27 bits per heavy atom. The van der Waals surface area contributed by atoms with Gasteiger partial charge in [0.2, 0.25) is 10.0 Å². The molecule has 1 aliphatic heterocycles. The smallest absolute Gasteiger partial charge is 0.228 e. The SMILES string of the molecule is O=S1(=O)CCN(S(=O)(=O)c2ccc(F)cc2)CCC1c1ccccc1F. The molecule has 1 heterocycles. The molecular formula is C17H17F2NO4S2. The molecule has 0 saturated carbocycles. The Bertz CT molecular complexity index is 1010. The predicted octanol–water partition coefficient (Wildman–Crippen LogP) is 2.52. The molecule has 1 aliphatic rings. The quantitative estimate of drug-likeness (QED) is 0.792. The molecule has 0 N–H and O–H groups in total. The molecule has 1 saturated heterocycles. The van der Waals surface area contributed by atoms with Gasteiger partial charge in [-0.3, -0.25) is 0 Å². The first kappa shape index (κ1) is 18.9. The van der Waals surface area contributed by atoms with Crippen LogP contribution in [0.5, 0.6) is 0 Å². The van der Waals surface area contributed by atoms with Crippen molar-refractivity contribution in [1.29, 1.82) is 0 Å². The number of sulfonamides is 1. The van der Waals surface area contributed by atoms with E-state index in [1.165, 1.54) is 18.2 Å². The highest BCUT2D eigenvalue weighted by atomic mass is 32.2. The van der Waals surface area contributed by atoms with Gasteiger partial charge < -0.3 is 0 Å². The average molecular weight is 401 g/mol. The van der Waals surface area contributed by atoms with E-state index in [0.717, 1.165) is 28.6 Å². The molecule has 26 heavy (non-hydrogen) atoms. The van der Waals surface area contributed by atoms with E-state index in [2.05, 4.69) is 0 Å². The number of nitrogens with zero attached hydrogens (tertiary/aromatic N) is 1. The van der Waals surface area contributed by atoms with Crippen molar-refractivity contribution in [3.63, 3.8) is 0 Å². The maximum Gasteiger partial charge on any atom is 0.243 e. The Morgan fingerprint density at radius 1 is 0.962 bits per heavy atom. The third-order valence-electron chi connectivity index (χ3n) is 4.40. The Labute approximate surface area is 151 Å². The molecule has 0 aromatic heterocycles. The third-order valence-corrected chi connectivity index (χ3v) is 8.42. The summed E-state index contributed by atoms with van der Waals surface area (Å²) in [5, 5.41) is -1.10. The maximum atomic E-state index is 14.1. The maximum absolute atomic E-state index is 14.1. The van der Waals surface area contributed by atoms with Crippen molar-refractivity contribution in [2.24, 2.45) is 0 Å². The van der Waals surface area contributed by atoms with Gasteiger partial charge in [0.05, 0.1) is 15.9 Å². The lowest BCUT2D eigenvalue weighted by Gasteiger charge is -2.19. The topological polar surface area (TPSA) is 71.5 Å². The molecule has 1 fully saturated rings. The van der Waals surface area contributed by atoms with E-state index >= 15 is 0 Å². The van der Waals surface area contributed by atoms with Crippen molar-refractivity contribution >= 4 is 19.9 Å². The molecular weight excluding hydrogens is 384 g/mol. The Balaban J connectivity index is 1.91. The predicted molar refractivity (Wildman–Crippen MR) is 92.7 cm³/mol. The second kappa shape index (κ2) is 7.05. The van der Waals surface area contributed by atoms with E-state index < -0.39 is 42.5 Å². The second-order valence-corrected chi connectivity index (χ2v) is 10.3. The zero-order valence-corrected chi connectivity index (χ0v) is 15.3. The fourth-order valence-corrected chi connectivity index (χ4v) is 6.38. The first-order valence-electron chi connectivity index (χ1n) is 7.93. The molecule has 140 valence electrons. The first-order valence-corrected chi connectivity index (χ1v) is 11.1. The van der Waals surface area contributed by atoms with Gasteiger partial charge >= 0.3 is 0 Å². The van der Waals surface area contributed by atoms with Crippen LogP contribution in [0.2, 0.25) is 0 Å². The second-order valence-electron chi connectivity index (χ2n) is 6.02. The zero-order valence-electron chi connectivity index (χ0n) is 13.7. The molecule has 0 amide bonds. The third kappa shape index (κ3) is 3.65. The van der Waals surface area contributed by atoms with Crippen molar-refractivity contribution in [3.8, 4) is 0 Å². The fourth-order valence-electron chi connectivity index (χ4n) is 3.01. The summed E-state index contributed by atoms with van der Waals surface area (Å²) in [7, 11) is -7.68. The minimum Gasteiger partial charge on any atom is -0.228 e. The van der Waals surface area contributed by atoms with Gasteiger partial charge in [-0.15, -0.1) is 0 Å². The van der Waals surface area contributed by atoms with Gasteiger partial charge in [-0.25, -0.2) is 25.6 Å². The standard InChI is InChI=1S/C17H17F2NO4S2/c18-13-5-7-14(8-6-13)26(23,24)20-10-9-17(25(21,22)12-11-20)15-3-1-2-4-16(15)19/h1-8,17H,9-12H2. The molecule has 3 rings (SSSR count). The molecule has 0 radical (unpaired) electrons. The zero-order chi connectivity index (χ0) is 18.9. The molecule has 1 atom stereocenters. The lowest BCUT2D eigenvalue weighted by molar-refractivity contribution is 0.427. The van der Waals surface area contributed by atoms with Crippen molar-refractivity contribution in [2.75, 3.05) is 18.8 Å². The summed E-state index contributed by atoms with van der Waals surface area (Å²) in [6.45, 7) is -0.301. The lowest BCUT2D eigenvalue weighted by Crippen LogP contribution is -2.33. The van der Waals surface area contributed by atoms with Crippen molar-refractivity contribution < 1.29 is 25.6 Å². The van der Waals surface area contributed by atoms with Gasteiger partial charge in [0, 0.05) is 18.7 Å². The highest BCUT2D eigenvalue weighted by Crippen LogP contribution is 2.32. The van der Waals surface area contributed by atoms with Gasteiger partial charge in [0.25, 0.3) is 0 Å². The van der Waals surface area contributed by atoms with E-state index in [0.29, 0.717) is 0 Å². The highest BCUT2D eigenvalue weighted by Gasteiger charge is 2.36. The van der Waals surface area contributed by atoms with E-state index in [9.17, 15) is 25.6 Å².